The van der Waals surface area contributed by atoms with E-state index in [1.807, 2.05) is 74.5 Å². The molecule has 0 saturated heterocycles. The summed E-state index contributed by atoms with van der Waals surface area (Å²) in [5, 5.41) is 18.1. The maximum atomic E-state index is 4.55. The average Bonchev–Trinajstić information content (AvgIpc) is 3.42. The summed E-state index contributed by atoms with van der Waals surface area (Å²) >= 11 is 0. The topological polar surface area (TPSA) is 61.4 Å². The SMILES string of the molecule is C=C/C(=C\C(=C)n1nc2ccccc2n1)CC(=C/C)/C=C(\C)n1nc2ccccc2n1. The molecule has 6 heteroatoms. The smallest absolute Gasteiger partial charge is 0.113 e. The Bertz CT molecular complexity index is 1300. The van der Waals surface area contributed by atoms with E-state index in [0.717, 1.165) is 38.9 Å². The first-order valence-corrected chi connectivity index (χ1v) is 10.1. The molecule has 0 amide bonds. The molecule has 31 heavy (non-hydrogen) atoms. The standard InChI is InChI=1S/C25H24N6/c1-5-20(15-18(3)30-26-22-11-7-8-12-23(22)27-30)17-21(6-2)16-19(4)31-28-24-13-9-10-14-25(24)29-31/h5-16H,1,3,17H2,2,4H3/b19-16+,20-15+,21-6+. The van der Waals surface area contributed by atoms with E-state index in [1.165, 1.54) is 0 Å². The molecule has 0 atom stereocenters. The lowest BCUT2D eigenvalue weighted by Gasteiger charge is -2.07. The third kappa shape index (κ3) is 4.43. The second kappa shape index (κ2) is 8.75. The Morgan fingerprint density at radius 2 is 1.29 bits per heavy atom. The molecule has 0 fully saturated rings. The zero-order valence-electron chi connectivity index (χ0n) is 17.7. The van der Waals surface area contributed by atoms with Crippen LogP contribution in [0.15, 0.2) is 97.1 Å². The number of rotatable bonds is 7. The minimum atomic E-state index is 0.683. The summed E-state index contributed by atoms with van der Waals surface area (Å²) in [7, 11) is 0. The van der Waals surface area contributed by atoms with Gasteiger partial charge in [0.1, 0.15) is 22.1 Å². The van der Waals surface area contributed by atoms with Gasteiger partial charge in [0.05, 0.1) is 11.4 Å². The van der Waals surface area contributed by atoms with Gasteiger partial charge in [-0.2, -0.15) is 9.59 Å². The first-order valence-electron chi connectivity index (χ1n) is 10.1. The quantitative estimate of drug-likeness (QED) is 0.370. The third-order valence-corrected chi connectivity index (χ3v) is 4.93. The van der Waals surface area contributed by atoms with Crippen molar-refractivity contribution >= 4 is 33.5 Å². The molecule has 0 aliphatic rings. The molecular formula is C25H24N6. The summed E-state index contributed by atoms with van der Waals surface area (Å²) in [4.78, 5) is 3.23. The van der Waals surface area contributed by atoms with E-state index in [2.05, 4.69) is 45.7 Å². The second-order valence-electron chi connectivity index (χ2n) is 7.20. The molecule has 2 heterocycles. The largest absolute Gasteiger partial charge is 0.155 e. The molecule has 0 aliphatic heterocycles. The fraction of sp³-hybridized carbons (Fsp3) is 0.120. The van der Waals surface area contributed by atoms with Crippen LogP contribution in [0.1, 0.15) is 20.3 Å². The van der Waals surface area contributed by atoms with Gasteiger partial charge in [0.2, 0.25) is 0 Å². The van der Waals surface area contributed by atoms with Gasteiger partial charge in [-0.15, -0.1) is 20.4 Å². The number of allylic oxidation sites excluding steroid dienone is 8. The van der Waals surface area contributed by atoms with Crippen LogP contribution in [0.25, 0.3) is 33.5 Å². The number of hydrogen-bond donors (Lipinski definition) is 0. The van der Waals surface area contributed by atoms with Gasteiger partial charge < -0.3 is 0 Å². The van der Waals surface area contributed by atoms with E-state index >= 15 is 0 Å². The lowest BCUT2D eigenvalue weighted by atomic mass is 10.0. The Hall–Kier alpha value is -4.06. The van der Waals surface area contributed by atoms with Crippen LogP contribution in [0.2, 0.25) is 0 Å². The maximum Gasteiger partial charge on any atom is 0.113 e. The summed E-state index contributed by atoms with van der Waals surface area (Å²) in [5.74, 6) is 0. The van der Waals surface area contributed by atoms with Crippen molar-refractivity contribution in [3.05, 3.63) is 97.1 Å². The number of aromatic nitrogens is 6. The Balaban J connectivity index is 1.54. The van der Waals surface area contributed by atoms with Crippen molar-refractivity contribution in [2.45, 2.75) is 20.3 Å². The molecule has 0 unspecified atom stereocenters. The Labute approximate surface area is 181 Å². The minimum absolute atomic E-state index is 0.683. The van der Waals surface area contributed by atoms with Crippen LogP contribution in [0.5, 0.6) is 0 Å². The number of benzene rings is 2. The Morgan fingerprint density at radius 3 is 1.74 bits per heavy atom. The van der Waals surface area contributed by atoms with Crippen molar-refractivity contribution < 1.29 is 0 Å². The predicted octanol–water partition coefficient (Wildman–Crippen LogP) is 5.66. The summed E-state index contributed by atoms with van der Waals surface area (Å²) in [6, 6.07) is 15.6. The Kier molecular flexibility index (Phi) is 5.71. The fourth-order valence-electron chi connectivity index (χ4n) is 3.26. The van der Waals surface area contributed by atoms with Crippen LogP contribution in [0.3, 0.4) is 0 Å². The monoisotopic (exact) mass is 408 g/mol. The molecule has 0 saturated carbocycles. The summed E-state index contributed by atoms with van der Waals surface area (Å²) in [6.45, 7) is 12.1. The minimum Gasteiger partial charge on any atom is -0.155 e. The number of hydrogen-bond acceptors (Lipinski definition) is 4. The van der Waals surface area contributed by atoms with Crippen molar-refractivity contribution in [2.75, 3.05) is 0 Å². The third-order valence-electron chi connectivity index (χ3n) is 4.93. The van der Waals surface area contributed by atoms with Gasteiger partial charge in [-0.3, -0.25) is 0 Å². The molecule has 2 aromatic carbocycles. The van der Waals surface area contributed by atoms with E-state index in [4.69, 9.17) is 0 Å². The molecule has 4 aromatic rings. The molecule has 0 radical (unpaired) electrons. The second-order valence-corrected chi connectivity index (χ2v) is 7.20. The van der Waals surface area contributed by atoms with Crippen molar-refractivity contribution in [1.29, 1.82) is 0 Å². The van der Waals surface area contributed by atoms with Crippen molar-refractivity contribution in [1.82, 2.24) is 30.0 Å². The van der Waals surface area contributed by atoms with E-state index in [1.54, 1.807) is 9.59 Å². The molecule has 0 spiro atoms. The Morgan fingerprint density at radius 1 is 0.806 bits per heavy atom. The lowest BCUT2D eigenvalue weighted by Crippen LogP contribution is -2.00. The molecule has 2 aromatic heterocycles. The highest BCUT2D eigenvalue weighted by Gasteiger charge is 2.07. The van der Waals surface area contributed by atoms with Gasteiger partial charge in [0, 0.05) is 0 Å². The predicted molar refractivity (Wildman–Crippen MR) is 127 cm³/mol. The van der Waals surface area contributed by atoms with Gasteiger partial charge in [-0.1, -0.05) is 49.6 Å². The molecule has 4 rings (SSSR count). The molecule has 0 N–H and O–H groups in total. The maximum absolute atomic E-state index is 4.55. The van der Waals surface area contributed by atoms with Crippen molar-refractivity contribution in [2.24, 2.45) is 0 Å². The molecule has 0 aliphatic carbocycles. The van der Waals surface area contributed by atoms with Crippen LogP contribution in [0.4, 0.5) is 0 Å². The van der Waals surface area contributed by atoms with Gasteiger partial charge >= 0.3 is 0 Å². The molecular weight excluding hydrogens is 384 g/mol. The summed E-state index contributed by atoms with van der Waals surface area (Å²) < 4.78 is 0. The first-order chi connectivity index (χ1) is 15.1. The van der Waals surface area contributed by atoms with E-state index in [9.17, 15) is 0 Å². The molecule has 0 bridgehead atoms. The van der Waals surface area contributed by atoms with E-state index in [-0.39, 0.29) is 0 Å². The van der Waals surface area contributed by atoms with Gasteiger partial charge in [0.25, 0.3) is 0 Å². The van der Waals surface area contributed by atoms with Crippen molar-refractivity contribution in [3.8, 4) is 0 Å². The van der Waals surface area contributed by atoms with Crippen LogP contribution in [0, 0.1) is 0 Å². The van der Waals surface area contributed by atoms with E-state index in [0.29, 0.717) is 12.1 Å². The van der Waals surface area contributed by atoms with Crippen molar-refractivity contribution in [3.63, 3.8) is 0 Å². The van der Waals surface area contributed by atoms with Crippen LogP contribution >= 0.6 is 0 Å². The first kappa shape index (κ1) is 20.2. The average molecular weight is 409 g/mol. The highest BCUT2D eigenvalue weighted by atomic mass is 15.5. The van der Waals surface area contributed by atoms with Crippen LogP contribution in [-0.2, 0) is 0 Å². The van der Waals surface area contributed by atoms with Crippen LogP contribution < -0.4 is 0 Å². The normalized spacial score (nSPS) is 13.2. The highest BCUT2D eigenvalue weighted by molar-refractivity contribution is 5.75. The van der Waals surface area contributed by atoms with E-state index < -0.39 is 0 Å². The van der Waals surface area contributed by atoms with Gasteiger partial charge in [-0.05, 0) is 67.8 Å². The summed E-state index contributed by atoms with van der Waals surface area (Å²) in [5.41, 5.74) is 7.18. The zero-order chi connectivity index (χ0) is 21.8. The zero-order valence-corrected chi connectivity index (χ0v) is 17.7. The lowest BCUT2D eigenvalue weighted by molar-refractivity contribution is 0.778. The summed E-state index contributed by atoms with van der Waals surface area (Å²) in [6.07, 6.45) is 8.64. The fourth-order valence-corrected chi connectivity index (χ4v) is 3.26. The van der Waals surface area contributed by atoms with Gasteiger partial charge in [-0.25, -0.2) is 0 Å². The highest BCUT2D eigenvalue weighted by Crippen LogP contribution is 2.20. The van der Waals surface area contributed by atoms with Gasteiger partial charge in [0.15, 0.2) is 0 Å². The van der Waals surface area contributed by atoms with Crippen LogP contribution in [-0.4, -0.2) is 30.0 Å². The number of nitrogens with zero attached hydrogens (tertiary/aromatic N) is 6. The molecule has 154 valence electrons. The number of fused-ring (bicyclic) bond motifs is 2. The molecule has 6 nitrogen and oxygen atoms in total.